The standard InChI is InChI=1S/C17H15ClO5/c1-11-15(17(20)21-2)9-14(23-11)10-22-16(19)8-5-12-3-6-13(18)7-4-12/h3-9H,10H2,1-2H3/b8-5+. The summed E-state index contributed by atoms with van der Waals surface area (Å²) >= 11 is 5.78. The second-order valence-electron chi connectivity index (χ2n) is 4.67. The highest BCUT2D eigenvalue weighted by Gasteiger charge is 2.15. The number of carbonyl (C=O) groups excluding carboxylic acids is 2. The van der Waals surface area contributed by atoms with Crippen molar-refractivity contribution in [3.8, 4) is 0 Å². The summed E-state index contributed by atoms with van der Waals surface area (Å²) in [7, 11) is 1.29. The first-order chi connectivity index (χ1) is 11.0. The first-order valence-corrected chi connectivity index (χ1v) is 7.15. The average molecular weight is 335 g/mol. The number of carbonyl (C=O) groups is 2. The third kappa shape index (κ3) is 4.72. The van der Waals surface area contributed by atoms with Crippen LogP contribution in [0.4, 0.5) is 0 Å². The van der Waals surface area contributed by atoms with Crippen LogP contribution in [0.3, 0.4) is 0 Å². The molecule has 2 rings (SSSR count). The van der Waals surface area contributed by atoms with E-state index in [1.54, 1.807) is 37.3 Å². The predicted molar refractivity (Wildman–Crippen MR) is 85.1 cm³/mol. The minimum absolute atomic E-state index is 0.0678. The fourth-order valence-corrected chi connectivity index (χ4v) is 1.98. The highest BCUT2D eigenvalue weighted by molar-refractivity contribution is 6.30. The highest BCUT2D eigenvalue weighted by Crippen LogP contribution is 2.16. The van der Waals surface area contributed by atoms with E-state index in [0.717, 1.165) is 5.56 Å². The van der Waals surface area contributed by atoms with E-state index >= 15 is 0 Å². The van der Waals surface area contributed by atoms with Gasteiger partial charge in [0, 0.05) is 11.1 Å². The Morgan fingerprint density at radius 2 is 1.96 bits per heavy atom. The number of rotatable bonds is 5. The van der Waals surface area contributed by atoms with Crippen LogP contribution in [0, 0.1) is 6.92 Å². The number of methoxy groups -OCH3 is 1. The van der Waals surface area contributed by atoms with E-state index in [1.165, 1.54) is 19.3 Å². The average Bonchev–Trinajstić information content (AvgIpc) is 2.92. The van der Waals surface area contributed by atoms with Crippen molar-refractivity contribution in [3.05, 3.63) is 64.1 Å². The number of esters is 2. The van der Waals surface area contributed by atoms with Gasteiger partial charge in [-0.25, -0.2) is 9.59 Å². The summed E-state index contributed by atoms with van der Waals surface area (Å²) in [5, 5.41) is 0.624. The lowest BCUT2D eigenvalue weighted by Gasteiger charge is -1.98. The van der Waals surface area contributed by atoms with E-state index in [9.17, 15) is 9.59 Å². The molecule has 120 valence electrons. The molecular formula is C17H15ClO5. The largest absolute Gasteiger partial charge is 0.465 e. The predicted octanol–water partition coefficient (Wildman–Crippen LogP) is 3.78. The molecule has 0 spiro atoms. The lowest BCUT2D eigenvalue weighted by atomic mass is 10.2. The molecule has 6 heteroatoms. The minimum atomic E-state index is -0.520. The number of hydrogen-bond acceptors (Lipinski definition) is 5. The Labute approximate surface area is 138 Å². The molecule has 1 aromatic heterocycles. The number of halogens is 1. The van der Waals surface area contributed by atoms with Crippen molar-refractivity contribution >= 4 is 29.6 Å². The first-order valence-electron chi connectivity index (χ1n) is 6.77. The molecule has 0 bridgehead atoms. The van der Waals surface area contributed by atoms with Crippen molar-refractivity contribution in [2.24, 2.45) is 0 Å². The van der Waals surface area contributed by atoms with Crippen LogP contribution in [0.1, 0.15) is 27.4 Å². The molecular weight excluding hydrogens is 320 g/mol. The second-order valence-corrected chi connectivity index (χ2v) is 5.10. The molecule has 0 atom stereocenters. The Kier molecular flexibility index (Phi) is 5.60. The number of hydrogen-bond donors (Lipinski definition) is 0. The van der Waals surface area contributed by atoms with Crippen molar-refractivity contribution in [2.75, 3.05) is 7.11 Å². The van der Waals surface area contributed by atoms with Crippen molar-refractivity contribution in [1.82, 2.24) is 0 Å². The molecule has 0 unspecified atom stereocenters. The van der Waals surface area contributed by atoms with E-state index in [2.05, 4.69) is 4.74 Å². The van der Waals surface area contributed by atoms with Crippen LogP contribution < -0.4 is 0 Å². The maximum absolute atomic E-state index is 11.7. The lowest BCUT2D eigenvalue weighted by molar-refractivity contribution is -0.139. The van der Waals surface area contributed by atoms with Gasteiger partial charge in [0.2, 0.25) is 0 Å². The Hall–Kier alpha value is -2.53. The molecule has 0 aliphatic heterocycles. The molecule has 0 saturated heterocycles. The van der Waals surface area contributed by atoms with Gasteiger partial charge in [0.1, 0.15) is 23.7 Å². The molecule has 0 aliphatic carbocycles. The van der Waals surface area contributed by atoms with E-state index < -0.39 is 11.9 Å². The number of aryl methyl sites for hydroxylation is 1. The summed E-state index contributed by atoms with van der Waals surface area (Å²) in [6.07, 6.45) is 2.92. The molecule has 1 heterocycles. The molecule has 1 aromatic carbocycles. The summed E-state index contributed by atoms with van der Waals surface area (Å²) in [6.45, 7) is 1.57. The minimum Gasteiger partial charge on any atom is -0.465 e. The topological polar surface area (TPSA) is 65.7 Å². The fourth-order valence-electron chi connectivity index (χ4n) is 1.86. The first kappa shape index (κ1) is 16.8. The molecule has 0 radical (unpaired) electrons. The van der Waals surface area contributed by atoms with E-state index in [1.807, 2.05) is 0 Å². The number of furan rings is 1. The summed E-state index contributed by atoms with van der Waals surface area (Å²) in [4.78, 5) is 23.1. The van der Waals surface area contributed by atoms with Crippen LogP contribution in [0.25, 0.3) is 6.08 Å². The van der Waals surface area contributed by atoms with Crippen LogP contribution >= 0.6 is 11.6 Å². The zero-order valence-corrected chi connectivity index (χ0v) is 13.4. The summed E-state index contributed by atoms with van der Waals surface area (Å²) in [6, 6.07) is 8.52. The third-order valence-electron chi connectivity index (χ3n) is 3.01. The van der Waals surface area contributed by atoms with E-state index in [4.69, 9.17) is 20.8 Å². The Bertz CT molecular complexity index is 728. The zero-order chi connectivity index (χ0) is 16.8. The van der Waals surface area contributed by atoms with Crippen LogP contribution in [0.15, 0.2) is 40.8 Å². The van der Waals surface area contributed by atoms with Gasteiger partial charge in [-0.3, -0.25) is 0 Å². The molecule has 0 N–H and O–H groups in total. The number of benzene rings is 1. The Balaban J connectivity index is 1.91. The molecule has 5 nitrogen and oxygen atoms in total. The normalized spacial score (nSPS) is 10.7. The van der Waals surface area contributed by atoms with E-state index in [-0.39, 0.29) is 6.61 Å². The zero-order valence-electron chi connectivity index (χ0n) is 12.7. The SMILES string of the molecule is COC(=O)c1cc(COC(=O)/C=C/c2ccc(Cl)cc2)oc1C. The van der Waals surface area contributed by atoms with Gasteiger partial charge in [0.25, 0.3) is 0 Å². The summed E-state index contributed by atoms with van der Waals surface area (Å²) in [5.74, 6) is -0.226. The van der Waals surface area contributed by atoms with Gasteiger partial charge in [0.05, 0.1) is 7.11 Å². The van der Waals surface area contributed by atoms with E-state index in [0.29, 0.717) is 22.1 Å². The van der Waals surface area contributed by atoms with Crippen LogP contribution in [-0.2, 0) is 20.9 Å². The van der Waals surface area contributed by atoms with Crippen LogP contribution in [0.2, 0.25) is 5.02 Å². The van der Waals surface area contributed by atoms with Crippen molar-refractivity contribution in [1.29, 1.82) is 0 Å². The van der Waals surface area contributed by atoms with Gasteiger partial charge in [0.15, 0.2) is 0 Å². The summed E-state index contributed by atoms with van der Waals surface area (Å²) in [5.41, 5.74) is 1.14. The van der Waals surface area contributed by atoms with Crippen LogP contribution in [0.5, 0.6) is 0 Å². The van der Waals surface area contributed by atoms with Crippen molar-refractivity contribution in [2.45, 2.75) is 13.5 Å². The Morgan fingerprint density at radius 1 is 1.26 bits per heavy atom. The molecule has 0 aliphatic rings. The molecule has 23 heavy (non-hydrogen) atoms. The third-order valence-corrected chi connectivity index (χ3v) is 3.26. The van der Waals surface area contributed by atoms with Gasteiger partial charge in [-0.2, -0.15) is 0 Å². The number of ether oxygens (including phenoxy) is 2. The molecule has 0 saturated carbocycles. The molecule has 2 aromatic rings. The van der Waals surface area contributed by atoms with Gasteiger partial charge < -0.3 is 13.9 Å². The second kappa shape index (κ2) is 7.65. The van der Waals surface area contributed by atoms with Gasteiger partial charge in [-0.1, -0.05) is 23.7 Å². The van der Waals surface area contributed by atoms with Gasteiger partial charge in [-0.15, -0.1) is 0 Å². The quantitative estimate of drug-likeness (QED) is 0.615. The van der Waals surface area contributed by atoms with Gasteiger partial charge in [-0.05, 0) is 36.8 Å². The van der Waals surface area contributed by atoms with Gasteiger partial charge >= 0.3 is 11.9 Å². The lowest BCUT2D eigenvalue weighted by Crippen LogP contribution is -2.01. The molecule has 0 amide bonds. The van der Waals surface area contributed by atoms with Crippen molar-refractivity contribution < 1.29 is 23.5 Å². The Morgan fingerprint density at radius 3 is 2.61 bits per heavy atom. The smallest absolute Gasteiger partial charge is 0.341 e. The summed E-state index contributed by atoms with van der Waals surface area (Å²) < 4.78 is 15.0. The molecule has 0 fully saturated rings. The highest BCUT2D eigenvalue weighted by atomic mass is 35.5. The fraction of sp³-hybridized carbons (Fsp3) is 0.176. The maximum atomic E-state index is 11.7. The monoisotopic (exact) mass is 334 g/mol. The van der Waals surface area contributed by atoms with Crippen molar-refractivity contribution in [3.63, 3.8) is 0 Å². The van der Waals surface area contributed by atoms with Crippen LogP contribution in [-0.4, -0.2) is 19.0 Å². The maximum Gasteiger partial charge on any atom is 0.341 e.